The summed E-state index contributed by atoms with van der Waals surface area (Å²) >= 11 is 0. The summed E-state index contributed by atoms with van der Waals surface area (Å²) in [5.74, 6) is 0.441. The van der Waals surface area contributed by atoms with E-state index in [1.165, 1.54) is 66.9 Å². The summed E-state index contributed by atoms with van der Waals surface area (Å²) in [6, 6.07) is 14.5. The van der Waals surface area contributed by atoms with Gasteiger partial charge >= 0.3 is 0 Å². The van der Waals surface area contributed by atoms with E-state index in [1.54, 1.807) is 5.57 Å². The van der Waals surface area contributed by atoms with E-state index in [0.29, 0.717) is 12.0 Å². The summed E-state index contributed by atoms with van der Waals surface area (Å²) in [4.78, 5) is 10.1. The number of allylic oxidation sites excluding steroid dienone is 4. The summed E-state index contributed by atoms with van der Waals surface area (Å²) in [6.45, 7) is 13.6. The monoisotopic (exact) mass is 496 g/mol. The first-order valence-electron chi connectivity index (χ1n) is 14.4. The van der Waals surface area contributed by atoms with Crippen LogP contribution < -0.4 is 5.32 Å². The van der Waals surface area contributed by atoms with Gasteiger partial charge in [0.15, 0.2) is 0 Å². The zero-order valence-corrected chi connectivity index (χ0v) is 23.2. The Balaban J connectivity index is 1.15. The number of fused-ring (bicyclic) bond motifs is 1. The number of anilines is 1. The van der Waals surface area contributed by atoms with E-state index in [4.69, 9.17) is 0 Å². The van der Waals surface area contributed by atoms with Crippen LogP contribution in [-0.2, 0) is 0 Å². The van der Waals surface area contributed by atoms with Crippen molar-refractivity contribution in [3.05, 3.63) is 82.8 Å². The maximum atomic E-state index is 4.61. The molecule has 0 spiro atoms. The van der Waals surface area contributed by atoms with Crippen molar-refractivity contribution >= 4 is 17.3 Å². The van der Waals surface area contributed by atoms with Gasteiger partial charge in [0.05, 0.1) is 5.69 Å². The number of nitrogens with zero attached hydrogens (tertiary/aromatic N) is 3. The highest BCUT2D eigenvalue weighted by atomic mass is 15.2. The van der Waals surface area contributed by atoms with E-state index >= 15 is 0 Å². The number of likely N-dealkylation sites (tertiary alicyclic amines) is 2. The molecule has 0 amide bonds. The summed E-state index contributed by atoms with van der Waals surface area (Å²) < 4.78 is 0. The number of piperidine rings is 2. The van der Waals surface area contributed by atoms with Crippen LogP contribution in [0.2, 0.25) is 0 Å². The first kappa shape index (κ1) is 25.8. The lowest BCUT2D eigenvalue weighted by molar-refractivity contribution is 0.113. The zero-order valence-electron chi connectivity index (χ0n) is 23.2. The Morgan fingerprint density at radius 2 is 1.76 bits per heavy atom. The lowest BCUT2D eigenvalue weighted by atomic mass is 9.85. The molecule has 2 fully saturated rings. The minimum absolute atomic E-state index is 0.441. The maximum absolute atomic E-state index is 4.61. The first-order chi connectivity index (χ1) is 18.0. The highest BCUT2D eigenvalue weighted by Crippen LogP contribution is 2.37. The number of hydrogen-bond donors (Lipinski definition) is 1. The normalized spacial score (nSPS) is 21.3. The minimum atomic E-state index is 0.441. The molecule has 1 aromatic carbocycles. The van der Waals surface area contributed by atoms with E-state index < -0.39 is 0 Å². The highest BCUT2D eigenvalue weighted by Gasteiger charge is 2.31. The zero-order chi connectivity index (χ0) is 25.8. The van der Waals surface area contributed by atoms with Gasteiger partial charge in [0.1, 0.15) is 0 Å². The molecule has 0 bridgehead atoms. The van der Waals surface area contributed by atoms with Crippen LogP contribution in [0.15, 0.2) is 66.0 Å². The molecule has 2 aromatic rings. The van der Waals surface area contributed by atoms with E-state index in [9.17, 15) is 0 Å². The standard InChI is InChI=1S/C33H44N4/c1-5-33(31-8-6-10-32-30(31)9-7-19-34-32)37-22-17-29(18-23-37)36-20-15-27(16-21-36)25(4)26-11-13-28(14-12-26)35-24(2)3/h5-7,9-14,19,24,29,31,35H,8,15-18,20-23H2,1-4H3/b33-5-. The van der Waals surface area contributed by atoms with Crippen LogP contribution in [0.3, 0.4) is 0 Å². The Bertz CT molecular complexity index is 1140. The average Bonchev–Trinajstić information content (AvgIpc) is 2.94. The molecular formula is C33H44N4. The van der Waals surface area contributed by atoms with Gasteiger partial charge in [-0.1, -0.05) is 35.9 Å². The molecule has 1 atom stereocenters. The predicted molar refractivity (Wildman–Crippen MR) is 158 cm³/mol. The molecular weight excluding hydrogens is 452 g/mol. The molecule has 2 saturated heterocycles. The molecule has 3 heterocycles. The van der Waals surface area contributed by atoms with Crippen molar-refractivity contribution in [3.8, 4) is 0 Å². The largest absolute Gasteiger partial charge is 0.383 e. The fourth-order valence-electron chi connectivity index (χ4n) is 6.57. The molecule has 37 heavy (non-hydrogen) atoms. The van der Waals surface area contributed by atoms with Crippen molar-refractivity contribution in [2.75, 3.05) is 31.5 Å². The molecule has 196 valence electrons. The van der Waals surface area contributed by atoms with Crippen molar-refractivity contribution in [3.63, 3.8) is 0 Å². The number of rotatable bonds is 6. The maximum Gasteiger partial charge on any atom is 0.0665 e. The molecule has 1 aliphatic carbocycles. The van der Waals surface area contributed by atoms with Gasteiger partial charge in [0.2, 0.25) is 0 Å². The third-order valence-corrected chi connectivity index (χ3v) is 8.60. The second-order valence-corrected chi connectivity index (χ2v) is 11.2. The third-order valence-electron chi connectivity index (χ3n) is 8.60. The summed E-state index contributed by atoms with van der Waals surface area (Å²) in [5.41, 5.74) is 9.73. The van der Waals surface area contributed by atoms with Crippen LogP contribution in [-0.4, -0.2) is 53.0 Å². The average molecular weight is 497 g/mol. The minimum Gasteiger partial charge on any atom is -0.383 e. The first-order valence-corrected chi connectivity index (χ1v) is 14.4. The van der Waals surface area contributed by atoms with Crippen molar-refractivity contribution in [1.82, 2.24) is 14.8 Å². The quantitative estimate of drug-likeness (QED) is 0.453. The van der Waals surface area contributed by atoms with Gasteiger partial charge in [-0.25, -0.2) is 0 Å². The lowest BCUT2D eigenvalue weighted by Crippen LogP contribution is -2.47. The summed E-state index contributed by atoms with van der Waals surface area (Å²) in [5, 5.41) is 3.49. The fraction of sp³-hybridized carbons (Fsp3) is 0.485. The summed E-state index contributed by atoms with van der Waals surface area (Å²) in [7, 11) is 0. The predicted octanol–water partition coefficient (Wildman–Crippen LogP) is 7.34. The van der Waals surface area contributed by atoms with E-state index in [1.807, 2.05) is 6.20 Å². The molecule has 0 radical (unpaired) electrons. The Kier molecular flexibility index (Phi) is 8.14. The highest BCUT2D eigenvalue weighted by molar-refractivity contribution is 5.68. The molecule has 3 aliphatic rings. The number of nitrogens with one attached hydrogen (secondary N) is 1. The molecule has 1 unspecified atom stereocenters. The smallest absolute Gasteiger partial charge is 0.0665 e. The van der Waals surface area contributed by atoms with Crippen LogP contribution in [0.25, 0.3) is 11.6 Å². The van der Waals surface area contributed by atoms with Crippen LogP contribution in [0.1, 0.15) is 82.5 Å². The topological polar surface area (TPSA) is 31.4 Å². The number of hydrogen-bond acceptors (Lipinski definition) is 4. The molecule has 0 saturated carbocycles. The Morgan fingerprint density at radius 1 is 1.03 bits per heavy atom. The second-order valence-electron chi connectivity index (χ2n) is 11.2. The van der Waals surface area contributed by atoms with Crippen molar-refractivity contribution in [2.45, 2.75) is 77.8 Å². The number of benzene rings is 1. The van der Waals surface area contributed by atoms with E-state index in [2.05, 4.69) is 102 Å². The van der Waals surface area contributed by atoms with Gasteiger partial charge in [0.25, 0.3) is 0 Å². The van der Waals surface area contributed by atoms with Crippen molar-refractivity contribution < 1.29 is 0 Å². The molecule has 4 heteroatoms. The van der Waals surface area contributed by atoms with Crippen LogP contribution in [0, 0.1) is 0 Å². The Morgan fingerprint density at radius 3 is 2.43 bits per heavy atom. The number of pyridine rings is 1. The van der Waals surface area contributed by atoms with E-state index in [-0.39, 0.29) is 0 Å². The van der Waals surface area contributed by atoms with Crippen molar-refractivity contribution in [1.29, 1.82) is 0 Å². The van der Waals surface area contributed by atoms with Gasteiger partial charge in [0, 0.05) is 61.8 Å². The molecule has 4 nitrogen and oxygen atoms in total. The van der Waals surface area contributed by atoms with Crippen LogP contribution >= 0.6 is 0 Å². The van der Waals surface area contributed by atoms with Crippen LogP contribution in [0.4, 0.5) is 5.69 Å². The van der Waals surface area contributed by atoms with Gasteiger partial charge in [-0.2, -0.15) is 0 Å². The van der Waals surface area contributed by atoms with Gasteiger partial charge in [-0.05, 0) is 101 Å². The molecule has 1 N–H and O–H groups in total. The van der Waals surface area contributed by atoms with Crippen molar-refractivity contribution in [2.24, 2.45) is 0 Å². The Hall–Kier alpha value is -2.85. The van der Waals surface area contributed by atoms with Crippen LogP contribution in [0.5, 0.6) is 0 Å². The third kappa shape index (κ3) is 5.85. The summed E-state index contributed by atoms with van der Waals surface area (Å²) in [6.07, 6.45) is 14.8. The van der Waals surface area contributed by atoms with Gasteiger partial charge < -0.3 is 10.2 Å². The second kappa shape index (κ2) is 11.7. The SMILES string of the molecule is C/C=C(/C1CC=Cc2ncccc21)N1CCC(N2CCC(=C(C)c3ccc(NC(C)C)cc3)CC2)CC1. The molecule has 1 aromatic heterocycles. The fourth-order valence-corrected chi connectivity index (χ4v) is 6.57. The lowest BCUT2D eigenvalue weighted by Gasteiger charge is -2.43. The molecule has 5 rings (SSSR count). The van der Waals surface area contributed by atoms with E-state index in [0.717, 1.165) is 31.2 Å². The molecule has 2 aliphatic heterocycles. The Labute approximate surface area is 224 Å². The number of aromatic nitrogens is 1. The van der Waals surface area contributed by atoms with Gasteiger partial charge in [-0.3, -0.25) is 9.88 Å². The van der Waals surface area contributed by atoms with Gasteiger partial charge in [-0.15, -0.1) is 0 Å².